The Morgan fingerprint density at radius 1 is 1.69 bits per heavy atom. The summed E-state index contributed by atoms with van der Waals surface area (Å²) in [6.45, 7) is 7.01. The fraction of sp³-hybridized carbons (Fsp3) is 0.500. The van der Waals surface area contributed by atoms with Crippen LogP contribution in [0.2, 0.25) is 0 Å². The molecule has 0 amide bonds. The molecule has 3 heteroatoms. The molecule has 0 aromatic heterocycles. The number of methoxy groups -OCH3 is 1. The van der Waals surface area contributed by atoms with Gasteiger partial charge in [-0.15, -0.1) is 6.58 Å². The number of carbonyl (C=O) groups is 1. The lowest BCUT2D eigenvalue weighted by Gasteiger charge is -2.10. The van der Waals surface area contributed by atoms with Gasteiger partial charge in [-0.3, -0.25) is 0 Å². The topological polar surface area (TPSA) is 46.5 Å². The largest absolute Gasteiger partial charge is 0.466 e. The number of aliphatic hydroxyl groups is 1. The van der Waals surface area contributed by atoms with Gasteiger partial charge < -0.3 is 9.84 Å². The highest BCUT2D eigenvalue weighted by Gasteiger charge is 2.15. The van der Waals surface area contributed by atoms with Gasteiger partial charge in [-0.1, -0.05) is 12.7 Å². The summed E-state index contributed by atoms with van der Waals surface area (Å²) in [7, 11) is 1.27. The normalized spacial score (nSPS) is 11.8. The van der Waals surface area contributed by atoms with Gasteiger partial charge >= 0.3 is 5.97 Å². The van der Waals surface area contributed by atoms with Gasteiger partial charge in [0, 0.05) is 0 Å². The van der Waals surface area contributed by atoms with Crippen molar-refractivity contribution < 1.29 is 14.6 Å². The molecule has 0 saturated carbocycles. The number of esters is 1. The number of hydrogen-bond acceptors (Lipinski definition) is 3. The maximum absolute atomic E-state index is 10.9. The van der Waals surface area contributed by atoms with E-state index >= 15 is 0 Å². The lowest BCUT2D eigenvalue weighted by molar-refractivity contribution is -0.137. The second-order valence-corrected chi connectivity index (χ2v) is 2.75. The molecule has 74 valence electrons. The van der Waals surface area contributed by atoms with Crippen LogP contribution in [-0.2, 0) is 9.53 Å². The summed E-state index contributed by atoms with van der Waals surface area (Å²) >= 11 is 0. The number of ether oxygens (including phenoxy) is 1. The van der Waals surface area contributed by atoms with Crippen LogP contribution in [0.25, 0.3) is 0 Å². The Morgan fingerprint density at radius 3 is 2.77 bits per heavy atom. The number of allylic oxidation sites excluding steroid dienone is 1. The standard InChI is InChI=1S/C10H16O3/c1-4-5-6-7-9(11)8(2)10(12)13-3/h4,9,11H,1-2,5-7H2,3H3. The molecule has 1 unspecified atom stereocenters. The van der Waals surface area contributed by atoms with E-state index in [0.29, 0.717) is 6.42 Å². The molecule has 0 spiro atoms. The number of unbranched alkanes of at least 4 members (excludes halogenated alkanes) is 1. The summed E-state index contributed by atoms with van der Waals surface area (Å²) in [6.07, 6.45) is 3.10. The van der Waals surface area contributed by atoms with Gasteiger partial charge in [0.25, 0.3) is 0 Å². The SMILES string of the molecule is C=CCCCC(O)C(=C)C(=O)OC. The van der Waals surface area contributed by atoms with E-state index in [1.54, 1.807) is 6.08 Å². The average molecular weight is 184 g/mol. The number of rotatable bonds is 6. The predicted octanol–water partition coefficient (Wildman–Crippen LogP) is 1.43. The molecule has 0 heterocycles. The molecule has 0 rings (SSSR count). The van der Waals surface area contributed by atoms with E-state index in [-0.39, 0.29) is 5.57 Å². The molecule has 3 nitrogen and oxygen atoms in total. The minimum Gasteiger partial charge on any atom is -0.466 e. The number of carbonyl (C=O) groups excluding carboxylic acids is 1. The van der Waals surface area contributed by atoms with E-state index in [9.17, 15) is 9.90 Å². The van der Waals surface area contributed by atoms with Gasteiger partial charge in [0.15, 0.2) is 0 Å². The van der Waals surface area contributed by atoms with Crippen LogP contribution < -0.4 is 0 Å². The van der Waals surface area contributed by atoms with E-state index in [1.807, 2.05) is 0 Å². The van der Waals surface area contributed by atoms with Gasteiger partial charge in [-0.25, -0.2) is 4.79 Å². The van der Waals surface area contributed by atoms with Gasteiger partial charge in [0.05, 0.1) is 18.8 Å². The maximum Gasteiger partial charge on any atom is 0.335 e. The molecule has 0 aliphatic heterocycles. The Hall–Kier alpha value is -1.09. The molecule has 0 aromatic rings. The van der Waals surface area contributed by atoms with E-state index in [4.69, 9.17) is 0 Å². The van der Waals surface area contributed by atoms with Crippen LogP contribution in [0.1, 0.15) is 19.3 Å². The first-order chi connectivity index (χ1) is 6.13. The zero-order chi connectivity index (χ0) is 10.3. The predicted molar refractivity (Wildman–Crippen MR) is 51.2 cm³/mol. The zero-order valence-electron chi connectivity index (χ0n) is 7.95. The van der Waals surface area contributed by atoms with E-state index in [1.165, 1.54) is 7.11 Å². The monoisotopic (exact) mass is 184 g/mol. The molecular formula is C10H16O3. The zero-order valence-corrected chi connectivity index (χ0v) is 7.95. The Balaban J connectivity index is 3.82. The minimum absolute atomic E-state index is 0.117. The third-order valence-corrected chi connectivity index (χ3v) is 1.74. The molecule has 13 heavy (non-hydrogen) atoms. The Labute approximate surface area is 78.7 Å². The summed E-state index contributed by atoms with van der Waals surface area (Å²) in [5.74, 6) is -0.550. The molecule has 0 fully saturated rings. The van der Waals surface area contributed by atoms with Crippen LogP contribution in [0.3, 0.4) is 0 Å². The van der Waals surface area contributed by atoms with Crippen molar-refractivity contribution in [1.82, 2.24) is 0 Å². The second kappa shape index (κ2) is 6.43. The fourth-order valence-corrected chi connectivity index (χ4v) is 0.897. The van der Waals surface area contributed by atoms with Crippen molar-refractivity contribution in [2.24, 2.45) is 0 Å². The minimum atomic E-state index is -0.799. The van der Waals surface area contributed by atoms with Crippen LogP contribution in [0, 0.1) is 0 Å². The van der Waals surface area contributed by atoms with Crippen molar-refractivity contribution in [3.05, 3.63) is 24.8 Å². The highest BCUT2D eigenvalue weighted by molar-refractivity contribution is 5.88. The third-order valence-electron chi connectivity index (χ3n) is 1.74. The second-order valence-electron chi connectivity index (χ2n) is 2.75. The summed E-state index contributed by atoms with van der Waals surface area (Å²) < 4.78 is 4.42. The van der Waals surface area contributed by atoms with Gasteiger partial charge in [0.1, 0.15) is 0 Å². The van der Waals surface area contributed by atoms with Crippen LogP contribution in [0.15, 0.2) is 24.8 Å². The van der Waals surface area contributed by atoms with Crippen LogP contribution in [0.5, 0.6) is 0 Å². The molecule has 0 aliphatic carbocycles. The highest BCUT2D eigenvalue weighted by Crippen LogP contribution is 2.09. The first-order valence-corrected chi connectivity index (χ1v) is 4.19. The average Bonchev–Trinajstić information content (AvgIpc) is 2.15. The molecule has 0 aliphatic rings. The fourth-order valence-electron chi connectivity index (χ4n) is 0.897. The smallest absolute Gasteiger partial charge is 0.335 e. The van der Waals surface area contributed by atoms with E-state index in [2.05, 4.69) is 17.9 Å². The quantitative estimate of drug-likeness (QED) is 0.294. The Bertz CT molecular complexity index is 196. The van der Waals surface area contributed by atoms with Crippen LogP contribution in [-0.4, -0.2) is 24.3 Å². The van der Waals surface area contributed by atoms with Crippen molar-refractivity contribution in [3.8, 4) is 0 Å². The maximum atomic E-state index is 10.9. The molecule has 0 radical (unpaired) electrons. The van der Waals surface area contributed by atoms with E-state index < -0.39 is 12.1 Å². The van der Waals surface area contributed by atoms with Crippen molar-refractivity contribution in [3.63, 3.8) is 0 Å². The first kappa shape index (κ1) is 11.9. The summed E-state index contributed by atoms with van der Waals surface area (Å²) in [5.41, 5.74) is 0.117. The lowest BCUT2D eigenvalue weighted by atomic mass is 10.1. The van der Waals surface area contributed by atoms with Gasteiger partial charge in [-0.2, -0.15) is 0 Å². The Kier molecular flexibility index (Phi) is 5.89. The molecule has 1 atom stereocenters. The highest BCUT2D eigenvalue weighted by atomic mass is 16.5. The summed E-state index contributed by atoms with van der Waals surface area (Å²) in [6, 6.07) is 0. The van der Waals surface area contributed by atoms with E-state index in [0.717, 1.165) is 12.8 Å². The molecule has 1 N–H and O–H groups in total. The molecule has 0 saturated heterocycles. The first-order valence-electron chi connectivity index (χ1n) is 4.19. The lowest BCUT2D eigenvalue weighted by Crippen LogP contribution is -2.18. The summed E-state index contributed by atoms with van der Waals surface area (Å²) in [4.78, 5) is 10.9. The third kappa shape index (κ3) is 4.48. The molecule has 0 bridgehead atoms. The van der Waals surface area contributed by atoms with Crippen molar-refractivity contribution in [1.29, 1.82) is 0 Å². The van der Waals surface area contributed by atoms with Crippen LogP contribution >= 0.6 is 0 Å². The van der Waals surface area contributed by atoms with Gasteiger partial charge in [0.2, 0.25) is 0 Å². The van der Waals surface area contributed by atoms with Crippen molar-refractivity contribution >= 4 is 5.97 Å². The van der Waals surface area contributed by atoms with Gasteiger partial charge in [-0.05, 0) is 19.3 Å². The Morgan fingerprint density at radius 2 is 2.31 bits per heavy atom. The van der Waals surface area contributed by atoms with Crippen LogP contribution in [0.4, 0.5) is 0 Å². The van der Waals surface area contributed by atoms with Crippen molar-refractivity contribution in [2.45, 2.75) is 25.4 Å². The summed E-state index contributed by atoms with van der Waals surface area (Å²) in [5, 5.41) is 9.41. The number of aliphatic hydroxyl groups excluding tert-OH is 1. The number of hydrogen-bond donors (Lipinski definition) is 1. The molecule has 0 aromatic carbocycles. The van der Waals surface area contributed by atoms with Crippen molar-refractivity contribution in [2.75, 3.05) is 7.11 Å². The molecular weight excluding hydrogens is 168 g/mol.